The zero-order valence-electron chi connectivity index (χ0n) is 26.3. The van der Waals surface area contributed by atoms with Gasteiger partial charge >= 0.3 is 0 Å². The number of anilines is 1. The van der Waals surface area contributed by atoms with Crippen LogP contribution in [0.4, 0.5) is 10.1 Å². The van der Waals surface area contributed by atoms with Crippen LogP contribution < -0.4 is 19.1 Å². The molecular formula is C34H42FN3O6S. The van der Waals surface area contributed by atoms with Crippen molar-refractivity contribution in [3.8, 4) is 11.5 Å². The van der Waals surface area contributed by atoms with Crippen molar-refractivity contribution in [2.24, 2.45) is 0 Å². The number of carbonyl (C=O) groups is 2. The van der Waals surface area contributed by atoms with Gasteiger partial charge in [0.25, 0.3) is 10.0 Å². The molecule has 0 bridgehead atoms. The maximum absolute atomic E-state index is 14.3. The molecule has 0 radical (unpaired) electrons. The van der Waals surface area contributed by atoms with Crippen molar-refractivity contribution in [3.63, 3.8) is 0 Å². The molecule has 1 N–H and O–H groups in total. The average Bonchev–Trinajstić information content (AvgIpc) is 3.04. The fourth-order valence-corrected chi connectivity index (χ4v) is 7.00. The van der Waals surface area contributed by atoms with Gasteiger partial charge in [-0.05, 0) is 68.1 Å². The molecule has 3 aromatic rings. The molecule has 4 rings (SSSR count). The molecule has 1 saturated carbocycles. The summed E-state index contributed by atoms with van der Waals surface area (Å²) in [6, 6.07) is 15.8. The minimum atomic E-state index is -4.26. The second-order valence-electron chi connectivity index (χ2n) is 11.3. The number of aryl methyl sites for hydroxylation is 1. The zero-order chi connectivity index (χ0) is 32.6. The molecule has 242 valence electrons. The third-order valence-corrected chi connectivity index (χ3v) is 9.93. The van der Waals surface area contributed by atoms with E-state index < -0.39 is 34.3 Å². The lowest BCUT2D eigenvalue weighted by Crippen LogP contribution is -2.54. The van der Waals surface area contributed by atoms with Gasteiger partial charge in [-0.2, -0.15) is 0 Å². The first kappa shape index (κ1) is 33.8. The smallest absolute Gasteiger partial charge is 0.264 e. The van der Waals surface area contributed by atoms with Crippen LogP contribution in [-0.4, -0.2) is 58.0 Å². The van der Waals surface area contributed by atoms with Gasteiger partial charge in [-0.25, -0.2) is 12.8 Å². The van der Waals surface area contributed by atoms with Gasteiger partial charge in [-0.1, -0.05) is 56.0 Å². The molecule has 2 amide bonds. The normalized spacial score (nSPS) is 14.3. The van der Waals surface area contributed by atoms with E-state index in [9.17, 15) is 22.4 Å². The number of hydrogen-bond acceptors (Lipinski definition) is 6. The van der Waals surface area contributed by atoms with Gasteiger partial charge in [-0.15, -0.1) is 0 Å². The summed E-state index contributed by atoms with van der Waals surface area (Å²) in [4.78, 5) is 29.4. The fourth-order valence-electron chi connectivity index (χ4n) is 5.60. The van der Waals surface area contributed by atoms with Crippen molar-refractivity contribution >= 4 is 27.5 Å². The first-order chi connectivity index (χ1) is 21.6. The number of nitrogens with zero attached hydrogens (tertiary/aromatic N) is 2. The maximum atomic E-state index is 14.3. The Hall–Kier alpha value is -4.12. The molecule has 1 aliphatic carbocycles. The number of nitrogens with one attached hydrogen (secondary N) is 1. The van der Waals surface area contributed by atoms with Gasteiger partial charge in [0.1, 0.15) is 18.4 Å². The van der Waals surface area contributed by atoms with Crippen LogP contribution in [0.5, 0.6) is 11.5 Å². The van der Waals surface area contributed by atoms with E-state index in [0.29, 0.717) is 17.7 Å². The van der Waals surface area contributed by atoms with Crippen molar-refractivity contribution in [2.75, 3.05) is 25.1 Å². The lowest BCUT2D eigenvalue weighted by Gasteiger charge is -2.34. The van der Waals surface area contributed by atoms with E-state index >= 15 is 0 Å². The van der Waals surface area contributed by atoms with Crippen LogP contribution >= 0.6 is 0 Å². The van der Waals surface area contributed by atoms with Crippen LogP contribution in [-0.2, 0) is 26.2 Å². The first-order valence-electron chi connectivity index (χ1n) is 15.2. The summed E-state index contributed by atoms with van der Waals surface area (Å²) in [6.45, 7) is 3.05. The van der Waals surface area contributed by atoms with E-state index in [1.165, 1.54) is 55.5 Å². The molecule has 0 aromatic heterocycles. The first-order valence-corrected chi connectivity index (χ1v) is 16.7. The summed E-state index contributed by atoms with van der Waals surface area (Å²) in [5.74, 6) is -0.631. The third kappa shape index (κ3) is 8.33. The van der Waals surface area contributed by atoms with Crippen molar-refractivity contribution in [2.45, 2.75) is 75.9 Å². The van der Waals surface area contributed by atoms with Crippen LogP contribution in [0.3, 0.4) is 0 Å². The van der Waals surface area contributed by atoms with Gasteiger partial charge in [0.2, 0.25) is 11.8 Å². The Labute approximate surface area is 265 Å². The van der Waals surface area contributed by atoms with Gasteiger partial charge in [0, 0.05) is 18.7 Å². The molecule has 0 aliphatic heterocycles. The van der Waals surface area contributed by atoms with Gasteiger partial charge in [-0.3, -0.25) is 13.9 Å². The van der Waals surface area contributed by atoms with E-state index in [2.05, 4.69) is 5.32 Å². The number of hydrogen-bond donors (Lipinski definition) is 1. The zero-order valence-corrected chi connectivity index (χ0v) is 27.1. The number of ether oxygens (including phenoxy) is 2. The van der Waals surface area contributed by atoms with Crippen LogP contribution in [0.25, 0.3) is 0 Å². The van der Waals surface area contributed by atoms with Crippen molar-refractivity contribution in [1.82, 2.24) is 10.2 Å². The number of amides is 2. The molecule has 0 unspecified atom stereocenters. The van der Waals surface area contributed by atoms with Crippen molar-refractivity contribution < 1.29 is 31.9 Å². The van der Waals surface area contributed by atoms with Gasteiger partial charge < -0.3 is 19.7 Å². The average molecular weight is 640 g/mol. The Morgan fingerprint density at radius 1 is 0.933 bits per heavy atom. The highest BCUT2D eigenvalue weighted by Gasteiger charge is 2.34. The monoisotopic (exact) mass is 639 g/mol. The second kappa shape index (κ2) is 15.2. The molecule has 11 heteroatoms. The fraction of sp³-hybridized carbons (Fsp3) is 0.412. The number of methoxy groups -OCH3 is 2. The van der Waals surface area contributed by atoms with Crippen molar-refractivity contribution in [1.29, 1.82) is 0 Å². The van der Waals surface area contributed by atoms with Gasteiger partial charge in [0.05, 0.1) is 24.8 Å². The molecular weight excluding hydrogens is 597 g/mol. The predicted molar refractivity (Wildman–Crippen MR) is 171 cm³/mol. The Morgan fingerprint density at radius 2 is 1.58 bits per heavy atom. The lowest BCUT2D eigenvalue weighted by molar-refractivity contribution is -0.140. The van der Waals surface area contributed by atoms with E-state index in [-0.39, 0.29) is 34.8 Å². The summed E-state index contributed by atoms with van der Waals surface area (Å²) in [5, 5.41) is 3.12. The molecule has 0 spiro atoms. The summed E-state index contributed by atoms with van der Waals surface area (Å²) < 4.78 is 53.9. The highest BCUT2D eigenvalue weighted by Crippen LogP contribution is 2.34. The number of halogens is 1. The standard InChI is InChI=1S/C34H42FN3O6S/c1-5-30(34(40)36-27-9-7-6-8-10-27)37(22-25-13-15-26(35)16-14-25)33(39)23-38(28-17-20-31(43-3)32(21-28)44-4)45(41,42)29-18-11-24(2)12-19-29/h11-21,27,30H,5-10,22-23H2,1-4H3,(H,36,40)/t30-/m1/s1. The molecule has 3 aromatic carbocycles. The SMILES string of the molecule is CC[C@H](C(=O)NC1CCCCC1)N(Cc1ccc(F)cc1)C(=O)CN(c1ccc(OC)c(OC)c1)S(=O)(=O)c1ccc(C)cc1. The minimum Gasteiger partial charge on any atom is -0.493 e. The quantitative estimate of drug-likeness (QED) is 0.261. The molecule has 1 aliphatic rings. The van der Waals surface area contributed by atoms with Gasteiger partial charge in [0.15, 0.2) is 11.5 Å². The van der Waals surface area contributed by atoms with Crippen LogP contribution in [0.1, 0.15) is 56.6 Å². The van der Waals surface area contributed by atoms with Crippen LogP contribution in [0.2, 0.25) is 0 Å². The summed E-state index contributed by atoms with van der Waals surface area (Å²) in [5.41, 5.74) is 1.67. The molecule has 1 fully saturated rings. The molecule has 0 heterocycles. The number of carbonyl (C=O) groups excluding carboxylic acids is 2. The lowest BCUT2D eigenvalue weighted by atomic mass is 9.95. The Morgan fingerprint density at radius 3 is 2.18 bits per heavy atom. The summed E-state index contributed by atoms with van der Waals surface area (Å²) in [7, 11) is -1.35. The summed E-state index contributed by atoms with van der Waals surface area (Å²) >= 11 is 0. The van der Waals surface area contributed by atoms with E-state index in [4.69, 9.17) is 9.47 Å². The minimum absolute atomic E-state index is 0.00264. The molecule has 45 heavy (non-hydrogen) atoms. The molecule has 9 nitrogen and oxygen atoms in total. The number of sulfonamides is 1. The van der Waals surface area contributed by atoms with Crippen LogP contribution in [0, 0.1) is 12.7 Å². The maximum Gasteiger partial charge on any atom is 0.264 e. The largest absolute Gasteiger partial charge is 0.493 e. The number of benzene rings is 3. The number of rotatable bonds is 13. The Bertz CT molecular complexity index is 1560. The van der Waals surface area contributed by atoms with Crippen LogP contribution in [0.15, 0.2) is 71.6 Å². The third-order valence-electron chi connectivity index (χ3n) is 8.15. The topological polar surface area (TPSA) is 105 Å². The Balaban J connectivity index is 1.74. The molecule has 0 saturated heterocycles. The highest BCUT2D eigenvalue weighted by molar-refractivity contribution is 7.92. The van der Waals surface area contributed by atoms with Crippen molar-refractivity contribution in [3.05, 3.63) is 83.7 Å². The predicted octanol–water partition coefficient (Wildman–Crippen LogP) is 5.60. The summed E-state index contributed by atoms with van der Waals surface area (Å²) in [6.07, 6.45) is 5.22. The second-order valence-corrected chi connectivity index (χ2v) is 13.1. The van der Waals surface area contributed by atoms with E-state index in [0.717, 1.165) is 42.0 Å². The van der Waals surface area contributed by atoms with E-state index in [1.54, 1.807) is 30.3 Å². The molecule has 1 atom stereocenters. The Kier molecular flexibility index (Phi) is 11.4. The highest BCUT2D eigenvalue weighted by atomic mass is 32.2. The van der Waals surface area contributed by atoms with E-state index in [1.807, 2.05) is 13.8 Å².